The van der Waals surface area contributed by atoms with Crippen LogP contribution in [0.1, 0.15) is 70.6 Å². The van der Waals surface area contributed by atoms with Gasteiger partial charge in [0, 0.05) is 41.7 Å². The molecule has 0 aromatic carbocycles. The monoisotopic (exact) mass is 484 g/mol. The van der Waals surface area contributed by atoms with Gasteiger partial charge in [-0.15, -0.1) is 5.10 Å². The molecule has 0 unspecified atom stereocenters. The molecule has 1 aliphatic rings. The summed E-state index contributed by atoms with van der Waals surface area (Å²) in [5.41, 5.74) is 3.90. The Morgan fingerprint density at radius 2 is 1.81 bits per heavy atom. The number of fused-ring (bicyclic) bond motifs is 1. The van der Waals surface area contributed by atoms with Crippen LogP contribution in [0.5, 0.6) is 0 Å². The largest absolute Gasteiger partial charge is 0.381 e. The first-order valence-electron chi connectivity index (χ1n) is 12.6. The summed E-state index contributed by atoms with van der Waals surface area (Å²) in [6.07, 6.45) is 11.6. The first-order valence-corrected chi connectivity index (χ1v) is 12.6. The van der Waals surface area contributed by atoms with Crippen LogP contribution in [0.4, 0.5) is 5.69 Å². The van der Waals surface area contributed by atoms with E-state index in [1.165, 1.54) is 0 Å². The molecule has 4 heterocycles. The van der Waals surface area contributed by atoms with Crippen LogP contribution in [0.25, 0.3) is 22.5 Å². The van der Waals surface area contributed by atoms with Crippen molar-refractivity contribution in [1.29, 1.82) is 5.26 Å². The number of nitrogens with zero attached hydrogens (tertiary/aromatic N) is 8. The highest BCUT2D eigenvalue weighted by atomic mass is 15.4. The Hall–Kier alpha value is -3.84. The molecule has 36 heavy (non-hydrogen) atoms. The van der Waals surface area contributed by atoms with Gasteiger partial charge < -0.3 is 10.6 Å². The number of aromatic nitrogens is 7. The second kappa shape index (κ2) is 10.0. The fourth-order valence-electron chi connectivity index (χ4n) is 4.92. The van der Waals surface area contributed by atoms with Gasteiger partial charge in [0.1, 0.15) is 11.8 Å². The van der Waals surface area contributed by atoms with Gasteiger partial charge in [0.15, 0.2) is 11.5 Å². The average Bonchev–Trinajstić information content (AvgIpc) is 3.51. The first-order chi connectivity index (χ1) is 17.4. The van der Waals surface area contributed by atoms with Crippen molar-refractivity contribution in [2.24, 2.45) is 0 Å². The van der Waals surface area contributed by atoms with Crippen LogP contribution in [0.2, 0.25) is 0 Å². The summed E-state index contributed by atoms with van der Waals surface area (Å²) in [6.45, 7) is 8.59. The number of hydrogen-bond donors (Lipinski definition) is 2. The number of rotatable bonds is 7. The smallest absolute Gasteiger partial charge is 0.164 e. The van der Waals surface area contributed by atoms with Crippen LogP contribution in [0.3, 0.4) is 0 Å². The molecule has 4 aromatic heterocycles. The molecule has 0 amide bonds. The molecule has 0 spiro atoms. The zero-order valence-electron chi connectivity index (χ0n) is 21.2. The lowest BCUT2D eigenvalue weighted by Crippen LogP contribution is -2.37. The summed E-state index contributed by atoms with van der Waals surface area (Å²) < 4.78 is 3.50. The summed E-state index contributed by atoms with van der Waals surface area (Å²) in [7, 11) is 0. The molecule has 10 heteroatoms. The molecular weight excluding hydrogens is 452 g/mol. The van der Waals surface area contributed by atoms with Crippen molar-refractivity contribution < 1.29 is 0 Å². The Morgan fingerprint density at radius 1 is 1.00 bits per heavy atom. The van der Waals surface area contributed by atoms with Gasteiger partial charge in [-0.2, -0.15) is 15.0 Å². The van der Waals surface area contributed by atoms with Gasteiger partial charge in [0.25, 0.3) is 0 Å². The highest BCUT2D eigenvalue weighted by Gasteiger charge is 2.25. The van der Waals surface area contributed by atoms with Crippen molar-refractivity contribution in [1.82, 2.24) is 40.1 Å². The average molecular weight is 485 g/mol. The molecule has 4 aromatic rings. The second-order valence-electron chi connectivity index (χ2n) is 10.1. The zero-order valence-corrected chi connectivity index (χ0v) is 21.2. The summed E-state index contributed by atoms with van der Waals surface area (Å²) in [5, 5.41) is 30.6. The number of pyridine rings is 2. The van der Waals surface area contributed by atoms with Crippen molar-refractivity contribution in [3.63, 3.8) is 0 Å². The van der Waals surface area contributed by atoms with Gasteiger partial charge >= 0.3 is 0 Å². The minimum atomic E-state index is 0.205. The molecule has 2 N–H and O–H groups in total. The minimum absolute atomic E-state index is 0.205. The van der Waals surface area contributed by atoms with Crippen LogP contribution in [0.15, 0.2) is 36.9 Å². The Labute approximate surface area is 210 Å². The molecule has 0 saturated heterocycles. The van der Waals surface area contributed by atoms with Gasteiger partial charge in [0.2, 0.25) is 0 Å². The predicted octanol–water partition coefficient (Wildman–Crippen LogP) is 4.11. The van der Waals surface area contributed by atoms with E-state index in [-0.39, 0.29) is 6.04 Å². The van der Waals surface area contributed by atoms with Crippen LogP contribution in [-0.4, -0.2) is 52.9 Å². The maximum absolute atomic E-state index is 9.15. The number of anilines is 1. The van der Waals surface area contributed by atoms with Crippen molar-refractivity contribution in [2.75, 3.05) is 5.32 Å². The van der Waals surface area contributed by atoms with Gasteiger partial charge in [-0.1, -0.05) is 19.1 Å². The molecule has 5 rings (SSSR count). The first kappa shape index (κ1) is 23.9. The molecule has 0 bridgehead atoms. The van der Waals surface area contributed by atoms with E-state index in [0.29, 0.717) is 35.0 Å². The van der Waals surface area contributed by atoms with E-state index in [9.17, 15) is 0 Å². The van der Waals surface area contributed by atoms with Crippen molar-refractivity contribution in [3.8, 4) is 17.6 Å². The van der Waals surface area contributed by atoms with E-state index < -0.39 is 0 Å². The molecule has 0 aliphatic heterocycles. The SMILES string of the molecule is CC(C)Nc1cc(-n2ncc3cc(C#N)cnc32)ncc1-n1cc([C@H]2CC[C@H](NC(C)C)CC2)nn1. The lowest BCUT2D eigenvalue weighted by molar-refractivity contribution is 0.323. The third-order valence-electron chi connectivity index (χ3n) is 6.54. The lowest BCUT2D eigenvalue weighted by Gasteiger charge is -2.29. The number of hydrogen-bond acceptors (Lipinski definition) is 8. The number of nitriles is 1. The van der Waals surface area contributed by atoms with E-state index in [4.69, 9.17) is 5.26 Å². The molecule has 1 aliphatic carbocycles. The predicted molar refractivity (Wildman–Crippen MR) is 138 cm³/mol. The van der Waals surface area contributed by atoms with Crippen molar-refractivity contribution >= 4 is 16.7 Å². The molecule has 0 atom stereocenters. The molecule has 0 radical (unpaired) electrons. The maximum Gasteiger partial charge on any atom is 0.164 e. The molecule has 1 fully saturated rings. The quantitative estimate of drug-likeness (QED) is 0.402. The summed E-state index contributed by atoms with van der Waals surface area (Å²) in [6, 6.07) is 7.15. The van der Waals surface area contributed by atoms with E-state index in [0.717, 1.165) is 48.1 Å². The van der Waals surface area contributed by atoms with Crippen LogP contribution in [0, 0.1) is 11.3 Å². The van der Waals surface area contributed by atoms with E-state index in [2.05, 4.69) is 69.8 Å². The Balaban J connectivity index is 1.42. The fraction of sp³-hybridized carbons (Fsp3) is 0.462. The third kappa shape index (κ3) is 4.93. The van der Waals surface area contributed by atoms with Crippen LogP contribution < -0.4 is 10.6 Å². The van der Waals surface area contributed by atoms with E-state index in [1.54, 1.807) is 29.3 Å². The van der Waals surface area contributed by atoms with Crippen LogP contribution in [-0.2, 0) is 0 Å². The lowest BCUT2D eigenvalue weighted by atomic mass is 9.84. The van der Waals surface area contributed by atoms with E-state index in [1.807, 2.05) is 16.9 Å². The Morgan fingerprint density at radius 3 is 2.53 bits per heavy atom. The minimum Gasteiger partial charge on any atom is -0.381 e. The topological polar surface area (TPSA) is 122 Å². The Kier molecular flexibility index (Phi) is 6.65. The fourth-order valence-corrected chi connectivity index (χ4v) is 4.92. The number of nitrogens with one attached hydrogen (secondary N) is 2. The molecule has 1 saturated carbocycles. The van der Waals surface area contributed by atoms with Gasteiger partial charge in [0.05, 0.1) is 35.5 Å². The van der Waals surface area contributed by atoms with Crippen molar-refractivity contribution in [3.05, 3.63) is 48.2 Å². The summed E-state index contributed by atoms with van der Waals surface area (Å²) in [5.74, 6) is 1.06. The van der Waals surface area contributed by atoms with Gasteiger partial charge in [-0.3, -0.25) is 0 Å². The third-order valence-corrected chi connectivity index (χ3v) is 6.54. The Bertz CT molecular complexity index is 1390. The van der Waals surface area contributed by atoms with E-state index >= 15 is 0 Å². The van der Waals surface area contributed by atoms with Crippen molar-refractivity contribution in [2.45, 2.75) is 77.4 Å². The zero-order chi connectivity index (χ0) is 25.2. The molecule has 10 nitrogen and oxygen atoms in total. The maximum atomic E-state index is 9.15. The molecular formula is C26H32N10. The van der Waals surface area contributed by atoms with Gasteiger partial charge in [-0.05, 0) is 45.6 Å². The summed E-state index contributed by atoms with van der Waals surface area (Å²) in [4.78, 5) is 9.10. The summed E-state index contributed by atoms with van der Waals surface area (Å²) >= 11 is 0. The highest BCUT2D eigenvalue weighted by molar-refractivity contribution is 5.77. The normalized spacial score (nSPS) is 18.1. The second-order valence-corrected chi connectivity index (χ2v) is 10.1. The highest BCUT2D eigenvalue weighted by Crippen LogP contribution is 2.33. The standard InChI is InChI=1S/C26H32N10/c1-16(2)31-21-7-5-19(6-8-21)23-15-35(34-33-23)24-14-28-25(10-22(24)32-17(3)4)36-26-20(13-30-36)9-18(11-27)12-29-26/h9-10,12-17,19,21,31H,5-8H2,1-4H3,(H,28,32)/t19-,21-. The van der Waals surface area contributed by atoms with Crippen LogP contribution >= 0.6 is 0 Å². The van der Waals surface area contributed by atoms with Gasteiger partial charge in [-0.25, -0.2) is 14.6 Å². The molecule has 186 valence electrons.